The van der Waals surface area contributed by atoms with Crippen LogP contribution in [0.5, 0.6) is 0 Å². The number of fused-ring (bicyclic) bond motifs is 3. The molecule has 3 aliphatic rings. The van der Waals surface area contributed by atoms with Crippen LogP contribution >= 0.6 is 12.2 Å². The second kappa shape index (κ2) is 4.20. The summed E-state index contributed by atoms with van der Waals surface area (Å²) in [7, 11) is 0. The Balaban J connectivity index is 1.96. The molecule has 0 aromatic heterocycles. The fraction of sp³-hybridized carbons (Fsp3) is 0.600. The van der Waals surface area contributed by atoms with Crippen molar-refractivity contribution in [2.24, 2.45) is 9.98 Å². The van der Waals surface area contributed by atoms with Gasteiger partial charge in [-0.25, -0.2) is 9.79 Å². The molecule has 0 unspecified atom stereocenters. The zero-order chi connectivity index (χ0) is 12.7. The van der Waals surface area contributed by atoms with Gasteiger partial charge in [-0.2, -0.15) is 4.90 Å². The number of hydrogen-bond donors (Lipinski definition) is 0. The summed E-state index contributed by atoms with van der Waals surface area (Å²) in [6.07, 6.45) is -0.473. The van der Waals surface area contributed by atoms with E-state index in [0.29, 0.717) is 37.3 Å². The predicted octanol–water partition coefficient (Wildman–Crippen LogP) is 0.0866. The molecule has 0 N–H and O–H groups in total. The fourth-order valence-corrected chi connectivity index (χ4v) is 2.55. The molecule has 1 amide bonds. The monoisotopic (exact) mass is 267 g/mol. The van der Waals surface area contributed by atoms with Crippen LogP contribution in [0.2, 0.25) is 0 Å². The minimum atomic E-state index is -0.473. The lowest BCUT2D eigenvalue weighted by molar-refractivity contribution is 0.137. The van der Waals surface area contributed by atoms with E-state index in [1.54, 1.807) is 6.92 Å². The predicted molar refractivity (Wildman–Crippen MR) is 69.5 cm³/mol. The van der Waals surface area contributed by atoms with Crippen LogP contribution in [0.4, 0.5) is 4.79 Å². The number of carbonyl (C=O) groups is 1. The van der Waals surface area contributed by atoms with E-state index in [9.17, 15) is 4.79 Å². The Kier molecular flexibility index (Phi) is 2.66. The molecule has 1 saturated heterocycles. The molecular formula is C10H13N5O2S. The highest BCUT2D eigenvalue weighted by molar-refractivity contribution is 7.80. The van der Waals surface area contributed by atoms with E-state index in [1.807, 2.05) is 9.80 Å². The molecule has 1 fully saturated rings. The third-order valence-electron chi connectivity index (χ3n) is 2.95. The van der Waals surface area contributed by atoms with Crippen LogP contribution in [0.3, 0.4) is 0 Å². The van der Waals surface area contributed by atoms with Crippen molar-refractivity contribution in [2.45, 2.75) is 6.92 Å². The van der Waals surface area contributed by atoms with E-state index in [4.69, 9.17) is 17.0 Å². The molecule has 96 valence electrons. The van der Waals surface area contributed by atoms with Crippen LogP contribution < -0.4 is 0 Å². The second-order valence-corrected chi connectivity index (χ2v) is 4.35. The number of carbonyl (C=O) groups excluding carboxylic acids is 1. The summed E-state index contributed by atoms with van der Waals surface area (Å²) < 4.78 is 5.03. The number of guanidine groups is 2. The molecule has 3 heterocycles. The number of ether oxygens (including phenoxy) is 1. The molecule has 0 bridgehead atoms. The molecule has 0 atom stereocenters. The Bertz CT molecular complexity index is 475. The highest BCUT2D eigenvalue weighted by Crippen LogP contribution is 2.22. The first-order valence-corrected chi connectivity index (χ1v) is 6.29. The molecule has 0 spiro atoms. The summed E-state index contributed by atoms with van der Waals surface area (Å²) in [6, 6.07) is 0. The van der Waals surface area contributed by atoms with Crippen molar-refractivity contribution in [3.8, 4) is 0 Å². The van der Waals surface area contributed by atoms with Crippen molar-refractivity contribution in [1.82, 2.24) is 14.7 Å². The SMILES string of the molecule is CCOC(=O)N1C(=S)N2CCN=C2N2CCN=C21. The van der Waals surface area contributed by atoms with Crippen molar-refractivity contribution in [3.63, 3.8) is 0 Å². The van der Waals surface area contributed by atoms with Crippen LogP contribution in [0.25, 0.3) is 0 Å². The Morgan fingerprint density at radius 3 is 2.67 bits per heavy atom. The summed E-state index contributed by atoms with van der Waals surface area (Å²) in [4.78, 5) is 25.9. The van der Waals surface area contributed by atoms with Gasteiger partial charge < -0.3 is 4.74 Å². The average Bonchev–Trinajstić information content (AvgIpc) is 2.96. The van der Waals surface area contributed by atoms with Gasteiger partial charge in [0.05, 0.1) is 19.7 Å². The van der Waals surface area contributed by atoms with Crippen molar-refractivity contribution < 1.29 is 9.53 Å². The molecular weight excluding hydrogens is 254 g/mol. The van der Waals surface area contributed by atoms with E-state index < -0.39 is 6.09 Å². The number of hydrogen-bond acceptors (Lipinski definition) is 6. The molecule has 0 radical (unpaired) electrons. The molecule has 7 nitrogen and oxygen atoms in total. The van der Waals surface area contributed by atoms with E-state index in [1.165, 1.54) is 4.90 Å². The van der Waals surface area contributed by atoms with E-state index in [0.717, 1.165) is 12.5 Å². The molecule has 3 rings (SSSR count). The van der Waals surface area contributed by atoms with Crippen molar-refractivity contribution in [2.75, 3.05) is 32.8 Å². The molecule has 0 aromatic rings. The lowest BCUT2D eigenvalue weighted by Crippen LogP contribution is -2.63. The van der Waals surface area contributed by atoms with E-state index in [-0.39, 0.29) is 0 Å². The zero-order valence-electron chi connectivity index (χ0n) is 10.00. The van der Waals surface area contributed by atoms with Gasteiger partial charge in [-0.1, -0.05) is 0 Å². The molecule has 18 heavy (non-hydrogen) atoms. The quantitative estimate of drug-likeness (QED) is 0.630. The Hall–Kier alpha value is -1.70. The van der Waals surface area contributed by atoms with Gasteiger partial charge in [0.1, 0.15) is 0 Å². The number of nitrogens with zero attached hydrogens (tertiary/aromatic N) is 5. The molecule has 0 aliphatic carbocycles. The highest BCUT2D eigenvalue weighted by atomic mass is 32.1. The van der Waals surface area contributed by atoms with Crippen LogP contribution in [-0.4, -0.2) is 70.6 Å². The molecule has 0 aromatic carbocycles. The topological polar surface area (TPSA) is 60.7 Å². The van der Waals surface area contributed by atoms with Crippen LogP contribution in [-0.2, 0) is 4.74 Å². The summed E-state index contributed by atoms with van der Waals surface area (Å²) in [6.45, 7) is 4.84. The smallest absolute Gasteiger partial charge is 0.423 e. The lowest BCUT2D eigenvalue weighted by atomic mass is 10.4. The van der Waals surface area contributed by atoms with Gasteiger partial charge in [-0.3, -0.25) is 14.8 Å². The van der Waals surface area contributed by atoms with Gasteiger partial charge in [0, 0.05) is 13.1 Å². The number of rotatable bonds is 1. The van der Waals surface area contributed by atoms with Crippen molar-refractivity contribution >= 4 is 35.3 Å². The first-order chi connectivity index (χ1) is 8.74. The third kappa shape index (κ3) is 1.48. The maximum Gasteiger partial charge on any atom is 0.423 e. The van der Waals surface area contributed by atoms with Gasteiger partial charge in [-0.15, -0.1) is 0 Å². The summed E-state index contributed by atoms with van der Waals surface area (Å²) in [5.74, 6) is 1.34. The largest absolute Gasteiger partial charge is 0.449 e. The van der Waals surface area contributed by atoms with Gasteiger partial charge in [0.15, 0.2) is 5.11 Å². The minimum absolute atomic E-state index is 0.312. The second-order valence-electron chi connectivity index (χ2n) is 3.98. The standard InChI is InChI=1S/C10H13N5O2S/c1-2-17-10(16)15-8-12-3-5-13(8)7-11-4-6-14(7)9(15)18/h2-6H2,1H3. The Morgan fingerprint density at radius 2 is 1.94 bits per heavy atom. The summed E-state index contributed by atoms with van der Waals surface area (Å²) in [5.41, 5.74) is 0. The highest BCUT2D eigenvalue weighted by Gasteiger charge is 2.44. The number of amides is 1. The van der Waals surface area contributed by atoms with Crippen LogP contribution in [0, 0.1) is 0 Å². The van der Waals surface area contributed by atoms with E-state index >= 15 is 0 Å². The third-order valence-corrected chi connectivity index (χ3v) is 3.35. The molecule has 8 heteroatoms. The van der Waals surface area contributed by atoms with Gasteiger partial charge in [0.2, 0.25) is 11.9 Å². The first-order valence-electron chi connectivity index (χ1n) is 5.89. The number of aliphatic imine (C=N–C) groups is 2. The minimum Gasteiger partial charge on any atom is -0.449 e. The summed E-state index contributed by atoms with van der Waals surface area (Å²) >= 11 is 5.34. The summed E-state index contributed by atoms with van der Waals surface area (Å²) in [5, 5.41) is 0.404. The average molecular weight is 267 g/mol. The van der Waals surface area contributed by atoms with Crippen molar-refractivity contribution in [3.05, 3.63) is 0 Å². The Labute approximate surface area is 110 Å². The lowest BCUT2D eigenvalue weighted by Gasteiger charge is -2.39. The van der Waals surface area contributed by atoms with Crippen LogP contribution in [0.15, 0.2) is 9.98 Å². The first kappa shape index (κ1) is 11.4. The number of thiocarbonyl (C=S) groups is 1. The van der Waals surface area contributed by atoms with Crippen molar-refractivity contribution in [1.29, 1.82) is 0 Å². The molecule has 0 saturated carbocycles. The van der Waals surface area contributed by atoms with Gasteiger partial charge >= 0.3 is 6.09 Å². The maximum absolute atomic E-state index is 12.0. The van der Waals surface area contributed by atoms with Gasteiger partial charge in [-0.05, 0) is 19.1 Å². The van der Waals surface area contributed by atoms with E-state index in [2.05, 4.69) is 9.98 Å². The zero-order valence-corrected chi connectivity index (χ0v) is 10.8. The maximum atomic E-state index is 12.0. The molecule has 3 aliphatic heterocycles. The fourth-order valence-electron chi connectivity index (χ4n) is 2.22. The van der Waals surface area contributed by atoms with Crippen LogP contribution in [0.1, 0.15) is 6.92 Å². The normalized spacial score (nSPS) is 21.6. The Morgan fingerprint density at radius 1 is 1.28 bits per heavy atom. The van der Waals surface area contributed by atoms with Gasteiger partial charge in [0.25, 0.3) is 0 Å².